The van der Waals surface area contributed by atoms with Crippen LogP contribution in [0.25, 0.3) is 0 Å². The summed E-state index contributed by atoms with van der Waals surface area (Å²) in [5.74, 6) is -0.330. The molecule has 0 unspecified atom stereocenters. The zero-order valence-electron chi connectivity index (χ0n) is 13.6. The van der Waals surface area contributed by atoms with Crippen LogP contribution >= 0.6 is 0 Å². The van der Waals surface area contributed by atoms with Gasteiger partial charge >= 0.3 is 0 Å². The van der Waals surface area contributed by atoms with E-state index in [-0.39, 0.29) is 17.2 Å². The Hall–Kier alpha value is -2.69. The number of carbonyl (C=O) groups is 1. The molecule has 0 fully saturated rings. The molecule has 0 spiro atoms. The van der Waals surface area contributed by atoms with Crippen molar-refractivity contribution < 1.29 is 9.72 Å². The van der Waals surface area contributed by atoms with E-state index in [0.29, 0.717) is 5.56 Å². The lowest BCUT2D eigenvalue weighted by Crippen LogP contribution is -2.15. The molecule has 0 saturated heterocycles. The molecule has 2 rings (SSSR count). The number of aryl methyl sites for hydroxylation is 3. The predicted octanol–water partition coefficient (Wildman–Crippen LogP) is 4.28. The Morgan fingerprint density at radius 3 is 2.26 bits per heavy atom. The summed E-state index contributed by atoms with van der Waals surface area (Å²) < 4.78 is 0. The molecule has 120 valence electrons. The molecule has 0 aliphatic carbocycles. The average Bonchev–Trinajstić information content (AvgIpc) is 2.55. The largest absolute Gasteiger partial charge is 0.321 e. The van der Waals surface area contributed by atoms with E-state index in [2.05, 4.69) is 5.32 Å². The minimum atomic E-state index is -0.469. The average molecular weight is 312 g/mol. The number of para-hydroxylation sites is 1. The lowest BCUT2D eigenvalue weighted by atomic mass is 10.0. The van der Waals surface area contributed by atoms with Crippen molar-refractivity contribution in [3.8, 4) is 0 Å². The molecule has 2 aromatic carbocycles. The van der Waals surface area contributed by atoms with Crippen LogP contribution in [0.2, 0.25) is 0 Å². The third-order valence-corrected chi connectivity index (χ3v) is 3.91. The molecule has 0 aromatic heterocycles. The highest BCUT2D eigenvalue weighted by molar-refractivity contribution is 6.05. The zero-order chi connectivity index (χ0) is 17.0. The summed E-state index contributed by atoms with van der Waals surface area (Å²) in [5.41, 5.74) is 3.70. The van der Waals surface area contributed by atoms with Crippen LogP contribution < -0.4 is 5.32 Å². The van der Waals surface area contributed by atoms with E-state index in [9.17, 15) is 14.9 Å². The van der Waals surface area contributed by atoms with Crippen molar-refractivity contribution in [1.82, 2.24) is 0 Å². The van der Waals surface area contributed by atoms with Crippen LogP contribution in [0.3, 0.4) is 0 Å². The number of nitrogens with one attached hydrogen (secondary N) is 1. The Bertz CT molecular complexity index is 732. The van der Waals surface area contributed by atoms with Crippen molar-refractivity contribution in [1.29, 1.82) is 0 Å². The van der Waals surface area contributed by atoms with Gasteiger partial charge in [0, 0.05) is 22.9 Å². The standard InChI is InChI=1S/C18H20N2O3/c1-4-13-7-6-8-14(5-2)17(13)19-18(21)15-10-9-12(3)16(11-15)20(22)23/h6-11H,4-5H2,1-3H3,(H,19,21). The Morgan fingerprint density at radius 1 is 1.13 bits per heavy atom. The van der Waals surface area contributed by atoms with Crippen molar-refractivity contribution in [3.63, 3.8) is 0 Å². The van der Waals surface area contributed by atoms with E-state index in [1.54, 1.807) is 19.1 Å². The van der Waals surface area contributed by atoms with Crippen LogP contribution in [0.15, 0.2) is 36.4 Å². The van der Waals surface area contributed by atoms with Gasteiger partial charge in [-0.3, -0.25) is 14.9 Å². The third kappa shape index (κ3) is 3.56. The quantitative estimate of drug-likeness (QED) is 0.661. The van der Waals surface area contributed by atoms with E-state index in [1.165, 1.54) is 6.07 Å². The fourth-order valence-corrected chi connectivity index (χ4v) is 2.54. The molecule has 1 amide bonds. The number of benzene rings is 2. The highest BCUT2D eigenvalue weighted by Crippen LogP contribution is 2.25. The van der Waals surface area contributed by atoms with Gasteiger partial charge in [0.2, 0.25) is 0 Å². The van der Waals surface area contributed by atoms with Gasteiger partial charge in [-0.2, -0.15) is 0 Å². The molecule has 0 saturated carbocycles. The minimum Gasteiger partial charge on any atom is -0.321 e. The Balaban J connectivity index is 2.37. The van der Waals surface area contributed by atoms with Gasteiger partial charge in [0.15, 0.2) is 0 Å². The van der Waals surface area contributed by atoms with Crippen molar-refractivity contribution in [2.45, 2.75) is 33.6 Å². The summed E-state index contributed by atoms with van der Waals surface area (Å²) >= 11 is 0. The molecule has 5 nitrogen and oxygen atoms in total. The molecular weight excluding hydrogens is 292 g/mol. The highest BCUT2D eigenvalue weighted by atomic mass is 16.6. The predicted molar refractivity (Wildman–Crippen MR) is 91.0 cm³/mol. The zero-order valence-corrected chi connectivity index (χ0v) is 13.6. The van der Waals surface area contributed by atoms with Gasteiger partial charge in [-0.1, -0.05) is 38.1 Å². The second-order valence-electron chi connectivity index (χ2n) is 5.37. The number of hydrogen-bond acceptors (Lipinski definition) is 3. The van der Waals surface area contributed by atoms with Gasteiger partial charge in [0.25, 0.3) is 11.6 Å². The third-order valence-electron chi connectivity index (χ3n) is 3.91. The van der Waals surface area contributed by atoms with Crippen LogP contribution in [-0.4, -0.2) is 10.8 Å². The van der Waals surface area contributed by atoms with Gasteiger partial charge in [-0.05, 0) is 37.0 Å². The van der Waals surface area contributed by atoms with E-state index >= 15 is 0 Å². The lowest BCUT2D eigenvalue weighted by molar-refractivity contribution is -0.385. The summed E-state index contributed by atoms with van der Waals surface area (Å²) in [6.45, 7) is 5.71. The molecule has 0 bridgehead atoms. The summed E-state index contributed by atoms with van der Waals surface area (Å²) in [5, 5.41) is 14.0. The molecule has 23 heavy (non-hydrogen) atoms. The molecule has 0 aliphatic heterocycles. The number of rotatable bonds is 5. The SMILES string of the molecule is CCc1cccc(CC)c1NC(=O)c1ccc(C)c([N+](=O)[O-])c1. The van der Waals surface area contributed by atoms with Crippen molar-refractivity contribution in [2.24, 2.45) is 0 Å². The number of nitro groups is 1. The minimum absolute atomic E-state index is 0.0443. The normalized spacial score (nSPS) is 10.4. The molecule has 2 aromatic rings. The number of amides is 1. The molecule has 5 heteroatoms. The number of carbonyl (C=O) groups excluding carboxylic acids is 1. The summed E-state index contributed by atoms with van der Waals surface area (Å²) in [6, 6.07) is 10.5. The fourth-order valence-electron chi connectivity index (χ4n) is 2.54. The number of hydrogen-bond donors (Lipinski definition) is 1. The van der Waals surface area contributed by atoms with E-state index in [4.69, 9.17) is 0 Å². The van der Waals surface area contributed by atoms with Crippen molar-refractivity contribution in [3.05, 3.63) is 68.8 Å². The molecule has 1 N–H and O–H groups in total. The first kappa shape index (κ1) is 16.7. The molecular formula is C18H20N2O3. The second kappa shape index (κ2) is 7.05. The lowest BCUT2D eigenvalue weighted by Gasteiger charge is -2.14. The first-order chi connectivity index (χ1) is 11.0. The molecule has 0 aliphatic rings. The Morgan fingerprint density at radius 2 is 1.74 bits per heavy atom. The fraction of sp³-hybridized carbons (Fsp3) is 0.278. The Kier molecular flexibility index (Phi) is 5.11. The molecule has 0 atom stereocenters. The summed E-state index contributed by atoms with van der Waals surface area (Å²) in [6.07, 6.45) is 1.61. The molecule has 0 radical (unpaired) electrons. The van der Waals surface area contributed by atoms with E-state index < -0.39 is 4.92 Å². The van der Waals surface area contributed by atoms with E-state index in [1.807, 2.05) is 32.0 Å². The monoisotopic (exact) mass is 312 g/mol. The second-order valence-corrected chi connectivity index (χ2v) is 5.37. The van der Waals surface area contributed by atoms with Crippen LogP contribution in [0.5, 0.6) is 0 Å². The van der Waals surface area contributed by atoms with Crippen molar-refractivity contribution >= 4 is 17.3 Å². The number of nitrogens with zero attached hydrogens (tertiary/aromatic N) is 1. The van der Waals surface area contributed by atoms with Gasteiger partial charge in [0.05, 0.1) is 4.92 Å². The smallest absolute Gasteiger partial charge is 0.273 e. The van der Waals surface area contributed by atoms with Crippen LogP contribution in [0.4, 0.5) is 11.4 Å². The first-order valence-electron chi connectivity index (χ1n) is 7.65. The maximum absolute atomic E-state index is 12.5. The maximum atomic E-state index is 12.5. The topological polar surface area (TPSA) is 72.2 Å². The summed E-state index contributed by atoms with van der Waals surface area (Å²) in [4.78, 5) is 23.1. The van der Waals surface area contributed by atoms with E-state index in [0.717, 1.165) is 29.7 Å². The van der Waals surface area contributed by atoms with Gasteiger partial charge in [0.1, 0.15) is 0 Å². The van der Waals surface area contributed by atoms with Crippen LogP contribution in [0, 0.1) is 17.0 Å². The summed E-state index contributed by atoms with van der Waals surface area (Å²) in [7, 11) is 0. The van der Waals surface area contributed by atoms with Crippen LogP contribution in [0.1, 0.15) is 40.9 Å². The highest BCUT2D eigenvalue weighted by Gasteiger charge is 2.16. The van der Waals surface area contributed by atoms with Gasteiger partial charge in [-0.15, -0.1) is 0 Å². The number of nitro benzene ring substituents is 1. The maximum Gasteiger partial charge on any atom is 0.273 e. The van der Waals surface area contributed by atoms with Crippen molar-refractivity contribution in [2.75, 3.05) is 5.32 Å². The first-order valence-corrected chi connectivity index (χ1v) is 7.65. The van der Waals surface area contributed by atoms with Crippen LogP contribution in [-0.2, 0) is 12.8 Å². The van der Waals surface area contributed by atoms with Gasteiger partial charge < -0.3 is 5.32 Å². The Labute approximate surface area is 135 Å². The van der Waals surface area contributed by atoms with Gasteiger partial charge in [-0.25, -0.2) is 0 Å². The number of anilines is 1. The molecule has 0 heterocycles.